The van der Waals surface area contributed by atoms with Gasteiger partial charge in [0.25, 0.3) is 0 Å². The van der Waals surface area contributed by atoms with Gasteiger partial charge in [-0.1, -0.05) is 20.8 Å². The smallest absolute Gasteiger partial charge is 0.122 e. The molecule has 0 atom stereocenters. The Morgan fingerprint density at radius 3 is 2.18 bits per heavy atom. The standard InChI is InChI=1S/C15H25NO/c1-11(2)16(6)12-8-9-14(17-7)13(10-12)15(3,4)5/h8-11H,1-7H3. The topological polar surface area (TPSA) is 12.5 Å². The summed E-state index contributed by atoms with van der Waals surface area (Å²) in [6, 6.07) is 6.91. The molecule has 0 spiro atoms. The molecule has 0 N–H and O–H groups in total. The number of benzene rings is 1. The third-order valence-electron chi connectivity index (χ3n) is 3.17. The van der Waals surface area contributed by atoms with E-state index in [-0.39, 0.29) is 5.41 Å². The lowest BCUT2D eigenvalue weighted by Crippen LogP contribution is -2.26. The lowest BCUT2D eigenvalue weighted by molar-refractivity contribution is 0.397. The summed E-state index contributed by atoms with van der Waals surface area (Å²) in [5.74, 6) is 0.971. The molecule has 0 saturated heterocycles. The zero-order valence-corrected chi connectivity index (χ0v) is 12.2. The zero-order valence-electron chi connectivity index (χ0n) is 12.2. The quantitative estimate of drug-likeness (QED) is 0.789. The molecule has 0 unspecified atom stereocenters. The van der Waals surface area contributed by atoms with E-state index in [1.807, 2.05) is 0 Å². The molecule has 2 nitrogen and oxygen atoms in total. The normalized spacial score (nSPS) is 11.8. The van der Waals surface area contributed by atoms with Crippen LogP contribution in [-0.4, -0.2) is 20.2 Å². The molecule has 0 heterocycles. The molecule has 1 aromatic rings. The maximum Gasteiger partial charge on any atom is 0.122 e. The lowest BCUT2D eigenvalue weighted by atomic mass is 9.86. The van der Waals surface area contributed by atoms with Crippen LogP contribution in [0.3, 0.4) is 0 Å². The zero-order chi connectivity index (χ0) is 13.2. The van der Waals surface area contributed by atoms with E-state index in [2.05, 4.69) is 64.8 Å². The number of methoxy groups -OCH3 is 1. The van der Waals surface area contributed by atoms with Crippen molar-refractivity contribution in [1.29, 1.82) is 0 Å². The van der Waals surface area contributed by atoms with Gasteiger partial charge in [0.05, 0.1) is 7.11 Å². The van der Waals surface area contributed by atoms with Gasteiger partial charge in [-0.05, 0) is 37.5 Å². The Hall–Kier alpha value is -1.18. The third-order valence-corrected chi connectivity index (χ3v) is 3.17. The van der Waals surface area contributed by atoms with E-state index in [4.69, 9.17) is 4.74 Å². The van der Waals surface area contributed by atoms with Gasteiger partial charge >= 0.3 is 0 Å². The fraction of sp³-hybridized carbons (Fsp3) is 0.600. The Balaban J connectivity index is 3.23. The fourth-order valence-corrected chi connectivity index (χ4v) is 1.80. The van der Waals surface area contributed by atoms with Crippen LogP contribution in [0.25, 0.3) is 0 Å². The average molecular weight is 235 g/mol. The van der Waals surface area contributed by atoms with Crippen molar-refractivity contribution < 1.29 is 4.74 Å². The van der Waals surface area contributed by atoms with Crippen LogP contribution in [0.15, 0.2) is 18.2 Å². The van der Waals surface area contributed by atoms with E-state index >= 15 is 0 Å². The second kappa shape index (κ2) is 4.99. The first-order valence-electron chi connectivity index (χ1n) is 6.18. The molecule has 1 rings (SSSR count). The highest BCUT2D eigenvalue weighted by molar-refractivity contribution is 5.55. The van der Waals surface area contributed by atoms with Crippen LogP contribution in [0, 0.1) is 0 Å². The van der Waals surface area contributed by atoms with Crippen LogP contribution < -0.4 is 9.64 Å². The number of anilines is 1. The molecule has 0 aliphatic heterocycles. The predicted octanol–water partition coefficient (Wildman–Crippen LogP) is 3.84. The van der Waals surface area contributed by atoms with Gasteiger partial charge < -0.3 is 9.64 Å². The minimum absolute atomic E-state index is 0.0964. The maximum absolute atomic E-state index is 5.45. The molecule has 96 valence electrons. The van der Waals surface area contributed by atoms with Crippen LogP contribution in [0.1, 0.15) is 40.2 Å². The molecule has 0 bridgehead atoms. The molecule has 0 fully saturated rings. The lowest BCUT2D eigenvalue weighted by Gasteiger charge is -2.28. The van der Waals surface area contributed by atoms with Crippen LogP contribution in [0.5, 0.6) is 5.75 Å². The number of ether oxygens (including phenoxy) is 1. The van der Waals surface area contributed by atoms with Crippen molar-refractivity contribution in [3.05, 3.63) is 23.8 Å². The Morgan fingerprint density at radius 1 is 1.18 bits per heavy atom. The first kappa shape index (κ1) is 13.9. The van der Waals surface area contributed by atoms with Crippen molar-refractivity contribution in [1.82, 2.24) is 0 Å². The van der Waals surface area contributed by atoms with Crippen molar-refractivity contribution >= 4 is 5.69 Å². The first-order valence-corrected chi connectivity index (χ1v) is 6.18. The largest absolute Gasteiger partial charge is 0.496 e. The van der Waals surface area contributed by atoms with Crippen LogP contribution >= 0.6 is 0 Å². The molecule has 17 heavy (non-hydrogen) atoms. The van der Waals surface area contributed by atoms with Crippen LogP contribution in [-0.2, 0) is 5.41 Å². The van der Waals surface area contributed by atoms with Crippen molar-refractivity contribution in [3.63, 3.8) is 0 Å². The SMILES string of the molecule is COc1ccc(N(C)C(C)C)cc1C(C)(C)C. The minimum atomic E-state index is 0.0964. The second-order valence-corrected chi connectivity index (χ2v) is 5.84. The maximum atomic E-state index is 5.45. The second-order valence-electron chi connectivity index (χ2n) is 5.84. The summed E-state index contributed by atoms with van der Waals surface area (Å²) < 4.78 is 5.45. The first-order chi connectivity index (χ1) is 7.77. The molecular weight excluding hydrogens is 210 g/mol. The van der Waals surface area contributed by atoms with Crippen molar-refractivity contribution in [2.45, 2.75) is 46.1 Å². The van der Waals surface area contributed by atoms with Gasteiger partial charge in [0.2, 0.25) is 0 Å². The van der Waals surface area contributed by atoms with Gasteiger partial charge in [0.15, 0.2) is 0 Å². The van der Waals surface area contributed by atoms with Gasteiger partial charge in [-0.2, -0.15) is 0 Å². The molecular formula is C15H25NO. The van der Waals surface area contributed by atoms with Gasteiger partial charge in [-0.15, -0.1) is 0 Å². The Labute approximate surface area is 106 Å². The molecule has 2 heteroatoms. The Kier molecular flexibility index (Phi) is 4.07. The Bertz CT molecular complexity index is 377. The van der Waals surface area contributed by atoms with E-state index in [1.54, 1.807) is 7.11 Å². The van der Waals surface area contributed by atoms with Gasteiger partial charge in [-0.25, -0.2) is 0 Å². The molecule has 1 aromatic carbocycles. The highest BCUT2D eigenvalue weighted by Crippen LogP contribution is 2.34. The van der Waals surface area contributed by atoms with Gasteiger partial charge in [0, 0.05) is 24.3 Å². The Morgan fingerprint density at radius 2 is 1.76 bits per heavy atom. The van der Waals surface area contributed by atoms with E-state index in [0.29, 0.717) is 6.04 Å². The molecule has 0 radical (unpaired) electrons. The fourth-order valence-electron chi connectivity index (χ4n) is 1.80. The average Bonchev–Trinajstić information content (AvgIpc) is 2.25. The highest BCUT2D eigenvalue weighted by atomic mass is 16.5. The molecule has 0 amide bonds. The summed E-state index contributed by atoms with van der Waals surface area (Å²) >= 11 is 0. The van der Waals surface area contributed by atoms with Gasteiger partial charge in [-0.3, -0.25) is 0 Å². The molecule has 0 aromatic heterocycles. The highest BCUT2D eigenvalue weighted by Gasteiger charge is 2.20. The monoisotopic (exact) mass is 235 g/mol. The van der Waals surface area contributed by atoms with Crippen LogP contribution in [0.4, 0.5) is 5.69 Å². The number of rotatable bonds is 3. The minimum Gasteiger partial charge on any atom is -0.496 e. The molecule has 0 aliphatic rings. The summed E-state index contributed by atoms with van der Waals surface area (Å²) in [5, 5.41) is 0. The molecule has 0 saturated carbocycles. The van der Waals surface area contributed by atoms with Crippen LogP contribution in [0.2, 0.25) is 0 Å². The number of hydrogen-bond donors (Lipinski definition) is 0. The van der Waals surface area contributed by atoms with E-state index in [9.17, 15) is 0 Å². The third kappa shape index (κ3) is 3.15. The number of nitrogens with zero attached hydrogens (tertiary/aromatic N) is 1. The van der Waals surface area contributed by atoms with E-state index < -0.39 is 0 Å². The summed E-state index contributed by atoms with van der Waals surface area (Å²) in [5.41, 5.74) is 2.59. The summed E-state index contributed by atoms with van der Waals surface area (Å²) in [6.07, 6.45) is 0. The summed E-state index contributed by atoms with van der Waals surface area (Å²) in [4.78, 5) is 2.27. The van der Waals surface area contributed by atoms with E-state index in [1.165, 1.54) is 11.3 Å². The predicted molar refractivity (Wildman–Crippen MR) is 75.2 cm³/mol. The summed E-state index contributed by atoms with van der Waals surface area (Å²) in [7, 11) is 3.86. The van der Waals surface area contributed by atoms with Crippen molar-refractivity contribution in [2.75, 3.05) is 19.1 Å². The van der Waals surface area contributed by atoms with Gasteiger partial charge in [0.1, 0.15) is 5.75 Å². The van der Waals surface area contributed by atoms with Crippen molar-refractivity contribution in [2.24, 2.45) is 0 Å². The van der Waals surface area contributed by atoms with E-state index in [0.717, 1.165) is 5.75 Å². The number of hydrogen-bond acceptors (Lipinski definition) is 2. The summed E-state index contributed by atoms with van der Waals surface area (Å²) in [6.45, 7) is 11.0. The van der Waals surface area contributed by atoms with Crippen molar-refractivity contribution in [3.8, 4) is 5.75 Å². The molecule has 0 aliphatic carbocycles.